The van der Waals surface area contributed by atoms with Crippen LogP contribution in [-0.2, 0) is 0 Å². The first-order valence-electron chi connectivity index (χ1n) is 5.81. The summed E-state index contributed by atoms with van der Waals surface area (Å²) in [4.78, 5) is 15.4. The average Bonchev–Trinajstić information content (AvgIpc) is 2.96. The average molecular weight is 268 g/mol. The monoisotopic (exact) mass is 268 g/mol. The molecular formula is C12H16N2OS2. The van der Waals surface area contributed by atoms with E-state index in [0.717, 1.165) is 17.7 Å². The second kappa shape index (κ2) is 5.60. The molecule has 0 spiro atoms. The van der Waals surface area contributed by atoms with E-state index in [9.17, 15) is 4.79 Å². The fourth-order valence-electron chi connectivity index (χ4n) is 2.29. The van der Waals surface area contributed by atoms with E-state index in [1.807, 2.05) is 22.4 Å². The molecule has 0 bridgehead atoms. The first kappa shape index (κ1) is 12.5. The van der Waals surface area contributed by atoms with Gasteiger partial charge in [-0.05, 0) is 24.3 Å². The number of hydrogen-bond acceptors (Lipinski definition) is 3. The van der Waals surface area contributed by atoms with Crippen LogP contribution in [0.2, 0.25) is 0 Å². The Morgan fingerprint density at radius 2 is 2.24 bits per heavy atom. The Morgan fingerprint density at radius 1 is 1.53 bits per heavy atom. The van der Waals surface area contributed by atoms with E-state index in [0.29, 0.717) is 17.6 Å². The summed E-state index contributed by atoms with van der Waals surface area (Å²) in [7, 11) is 0. The zero-order chi connectivity index (χ0) is 12.3. The maximum atomic E-state index is 12.3. The van der Waals surface area contributed by atoms with Gasteiger partial charge in [0.2, 0.25) is 0 Å². The zero-order valence-corrected chi connectivity index (χ0v) is 11.2. The number of nitrogens with two attached hydrogens (primary N) is 1. The molecule has 3 nitrogen and oxygen atoms in total. The first-order valence-corrected chi connectivity index (χ1v) is 7.10. The van der Waals surface area contributed by atoms with Gasteiger partial charge in [0.15, 0.2) is 0 Å². The molecule has 1 aliphatic rings. The smallest absolute Gasteiger partial charge is 0.264 e. The van der Waals surface area contributed by atoms with Crippen LogP contribution >= 0.6 is 23.6 Å². The number of carbonyl (C=O) groups excluding carboxylic acids is 1. The molecule has 2 N–H and O–H groups in total. The summed E-state index contributed by atoms with van der Waals surface area (Å²) < 4.78 is 0. The molecule has 1 aliphatic carbocycles. The van der Waals surface area contributed by atoms with Gasteiger partial charge >= 0.3 is 0 Å². The summed E-state index contributed by atoms with van der Waals surface area (Å²) in [5.41, 5.74) is 5.59. The second-order valence-corrected chi connectivity index (χ2v) is 5.79. The molecule has 1 amide bonds. The Labute approximate surface area is 111 Å². The predicted molar refractivity (Wildman–Crippen MR) is 74.4 cm³/mol. The molecule has 0 aromatic carbocycles. The van der Waals surface area contributed by atoms with Crippen LogP contribution in [0.3, 0.4) is 0 Å². The van der Waals surface area contributed by atoms with Crippen molar-refractivity contribution >= 4 is 34.5 Å². The molecule has 0 atom stereocenters. The number of hydrogen-bond donors (Lipinski definition) is 1. The first-order chi connectivity index (χ1) is 8.18. The quantitative estimate of drug-likeness (QED) is 0.853. The lowest BCUT2D eigenvalue weighted by molar-refractivity contribution is 0.0719. The van der Waals surface area contributed by atoms with Crippen LogP contribution in [0, 0.1) is 0 Å². The van der Waals surface area contributed by atoms with Crippen molar-refractivity contribution in [2.45, 2.75) is 31.7 Å². The summed E-state index contributed by atoms with van der Waals surface area (Å²) in [5.74, 6) is 0.0692. The van der Waals surface area contributed by atoms with E-state index in [1.165, 1.54) is 24.2 Å². The van der Waals surface area contributed by atoms with Gasteiger partial charge in [-0.15, -0.1) is 11.3 Å². The van der Waals surface area contributed by atoms with Gasteiger partial charge in [0.1, 0.15) is 0 Å². The Morgan fingerprint density at radius 3 is 2.76 bits per heavy atom. The fourth-order valence-corrected chi connectivity index (χ4v) is 3.11. The minimum absolute atomic E-state index is 0.0692. The standard InChI is InChI=1S/C12H16N2OS2/c13-11(16)8-14(9-4-1-2-5-9)12(15)10-6-3-7-17-10/h3,6-7,9H,1-2,4-5,8H2,(H2,13,16). The molecule has 92 valence electrons. The van der Waals surface area contributed by atoms with Gasteiger partial charge in [0.25, 0.3) is 5.91 Å². The van der Waals surface area contributed by atoms with Crippen LogP contribution in [0.25, 0.3) is 0 Å². The van der Waals surface area contributed by atoms with Crippen LogP contribution in [-0.4, -0.2) is 28.4 Å². The second-order valence-electron chi connectivity index (χ2n) is 4.31. The number of nitrogens with zero attached hydrogens (tertiary/aromatic N) is 1. The highest BCUT2D eigenvalue weighted by Gasteiger charge is 2.28. The molecule has 17 heavy (non-hydrogen) atoms. The SMILES string of the molecule is NC(=S)CN(C(=O)c1cccs1)C1CCCC1. The van der Waals surface area contributed by atoms with E-state index in [4.69, 9.17) is 18.0 Å². The van der Waals surface area contributed by atoms with Crippen LogP contribution < -0.4 is 5.73 Å². The highest BCUT2D eigenvalue weighted by molar-refractivity contribution is 7.80. The lowest BCUT2D eigenvalue weighted by Crippen LogP contribution is -2.43. The predicted octanol–water partition coefficient (Wildman–Crippen LogP) is 2.42. The van der Waals surface area contributed by atoms with Crippen LogP contribution in [0.4, 0.5) is 0 Å². The molecule has 1 fully saturated rings. The van der Waals surface area contributed by atoms with E-state index in [2.05, 4.69) is 0 Å². The van der Waals surface area contributed by atoms with Crippen LogP contribution in [0.15, 0.2) is 17.5 Å². The third-order valence-electron chi connectivity index (χ3n) is 3.08. The van der Waals surface area contributed by atoms with E-state index in [-0.39, 0.29) is 5.91 Å². The lowest BCUT2D eigenvalue weighted by atomic mass is 10.2. The van der Waals surface area contributed by atoms with Crippen molar-refractivity contribution in [1.29, 1.82) is 0 Å². The maximum Gasteiger partial charge on any atom is 0.264 e. The summed E-state index contributed by atoms with van der Waals surface area (Å²) in [6, 6.07) is 4.06. The van der Waals surface area contributed by atoms with Gasteiger partial charge in [-0.2, -0.15) is 0 Å². The fraction of sp³-hybridized carbons (Fsp3) is 0.500. The summed E-state index contributed by atoms with van der Waals surface area (Å²) in [6.07, 6.45) is 4.52. The molecular weight excluding hydrogens is 252 g/mol. The normalized spacial score (nSPS) is 16.0. The number of amides is 1. The minimum Gasteiger partial charge on any atom is -0.392 e. The summed E-state index contributed by atoms with van der Waals surface area (Å²) in [5, 5.41) is 1.92. The highest BCUT2D eigenvalue weighted by Crippen LogP contribution is 2.25. The topological polar surface area (TPSA) is 46.3 Å². The molecule has 1 saturated carbocycles. The van der Waals surface area contributed by atoms with Crippen LogP contribution in [0.1, 0.15) is 35.4 Å². The van der Waals surface area contributed by atoms with Gasteiger partial charge in [0, 0.05) is 6.04 Å². The molecule has 0 unspecified atom stereocenters. The van der Waals surface area contributed by atoms with Crippen molar-refractivity contribution < 1.29 is 4.79 Å². The molecule has 1 aromatic heterocycles. The Hall–Kier alpha value is -0.940. The largest absolute Gasteiger partial charge is 0.392 e. The molecule has 5 heteroatoms. The number of rotatable bonds is 4. The van der Waals surface area contributed by atoms with E-state index in [1.54, 1.807) is 0 Å². The number of thiocarbonyl (C=S) groups is 1. The molecule has 1 aromatic rings. The zero-order valence-electron chi connectivity index (χ0n) is 9.59. The summed E-state index contributed by atoms with van der Waals surface area (Å²) in [6.45, 7) is 0.400. The van der Waals surface area contributed by atoms with E-state index < -0.39 is 0 Å². The molecule has 0 saturated heterocycles. The number of thiophene rings is 1. The number of carbonyl (C=O) groups is 1. The summed E-state index contributed by atoms with van der Waals surface area (Å²) >= 11 is 6.41. The third kappa shape index (κ3) is 3.04. The maximum absolute atomic E-state index is 12.3. The Bertz CT molecular complexity index is 397. The third-order valence-corrected chi connectivity index (χ3v) is 4.07. The minimum atomic E-state index is 0.0692. The van der Waals surface area contributed by atoms with Crippen molar-refractivity contribution in [3.8, 4) is 0 Å². The van der Waals surface area contributed by atoms with Crippen LogP contribution in [0.5, 0.6) is 0 Å². The van der Waals surface area contributed by atoms with Gasteiger partial charge < -0.3 is 10.6 Å². The molecule has 1 heterocycles. The van der Waals surface area contributed by atoms with Gasteiger partial charge in [-0.1, -0.05) is 31.1 Å². The van der Waals surface area contributed by atoms with Crippen molar-refractivity contribution in [1.82, 2.24) is 4.90 Å². The highest BCUT2D eigenvalue weighted by atomic mass is 32.1. The Kier molecular flexibility index (Phi) is 4.12. The van der Waals surface area contributed by atoms with Gasteiger partial charge in [-0.3, -0.25) is 4.79 Å². The lowest BCUT2D eigenvalue weighted by Gasteiger charge is -2.28. The molecule has 2 rings (SSSR count). The molecule has 0 radical (unpaired) electrons. The van der Waals surface area contributed by atoms with Gasteiger partial charge in [0.05, 0.1) is 16.4 Å². The molecule has 0 aliphatic heterocycles. The van der Waals surface area contributed by atoms with Crippen molar-refractivity contribution in [3.05, 3.63) is 22.4 Å². The van der Waals surface area contributed by atoms with E-state index >= 15 is 0 Å². The van der Waals surface area contributed by atoms with Gasteiger partial charge in [-0.25, -0.2) is 0 Å². The van der Waals surface area contributed by atoms with Crippen molar-refractivity contribution in [2.24, 2.45) is 5.73 Å². The van der Waals surface area contributed by atoms with Crippen molar-refractivity contribution in [2.75, 3.05) is 6.54 Å². The van der Waals surface area contributed by atoms with Crippen molar-refractivity contribution in [3.63, 3.8) is 0 Å². The Balaban J connectivity index is 2.14.